The Morgan fingerprint density at radius 1 is 1.13 bits per heavy atom. The molecule has 1 rings (SSSR count). The first kappa shape index (κ1) is 31.7. The van der Waals surface area contributed by atoms with E-state index in [9.17, 15) is 41.0 Å². The number of pyridine rings is 1. The second kappa shape index (κ2) is 13.9. The van der Waals surface area contributed by atoms with Gasteiger partial charge in [-0.25, -0.2) is 14.6 Å². The molecule has 31 heavy (non-hydrogen) atoms. The second-order valence-corrected chi connectivity index (χ2v) is 5.49. The molecule has 164 valence electrons. The molecule has 1 heterocycles. The van der Waals surface area contributed by atoms with Gasteiger partial charge in [0.15, 0.2) is 0 Å². The molecule has 1 aromatic rings. The van der Waals surface area contributed by atoms with E-state index in [1.54, 1.807) is 0 Å². The predicted molar refractivity (Wildman–Crippen MR) is 88.1 cm³/mol. The van der Waals surface area contributed by atoms with E-state index >= 15 is 0 Å². The molecule has 0 spiro atoms. The number of allylic oxidation sites excluding steroid dienone is 3. The predicted octanol–water partition coefficient (Wildman–Crippen LogP) is 0.0694. The second-order valence-electron chi connectivity index (χ2n) is 4.74. The summed E-state index contributed by atoms with van der Waals surface area (Å²) in [5, 5.41) is 18.6. The molecule has 0 N–H and O–H groups in total. The molecule has 0 radical (unpaired) electrons. The Balaban J connectivity index is 0. The normalized spacial score (nSPS) is 11.9. The van der Waals surface area contributed by atoms with Crippen LogP contribution in [-0.4, -0.2) is 37.3 Å². The summed E-state index contributed by atoms with van der Waals surface area (Å²) in [6, 6.07) is 3.02. The number of aromatic nitrogens is 1. The summed E-state index contributed by atoms with van der Waals surface area (Å²) in [6.07, 6.45) is -9.00. The van der Waals surface area contributed by atoms with Gasteiger partial charge in [-0.2, -0.15) is 31.6 Å². The first-order chi connectivity index (χ1) is 13.7. The number of methoxy groups -OCH3 is 2. The first-order valence-electron chi connectivity index (χ1n) is 7.15. The van der Waals surface area contributed by atoms with Crippen molar-refractivity contribution in [2.24, 2.45) is 0 Å². The number of hydrogen-bond acceptors (Lipinski definition) is 7. The number of ether oxygens (including phenoxy) is 2. The molecule has 0 aromatic carbocycles. The van der Waals surface area contributed by atoms with Crippen LogP contribution in [0.15, 0.2) is 40.2 Å². The van der Waals surface area contributed by atoms with E-state index in [1.165, 1.54) is 6.07 Å². The topological polar surface area (TPSA) is 112 Å². The maximum atomic E-state index is 12.2. The van der Waals surface area contributed by atoms with Crippen LogP contribution >= 0.6 is 15.9 Å². The fourth-order valence-corrected chi connectivity index (χ4v) is 1.85. The Labute approximate surface area is 222 Å². The van der Waals surface area contributed by atoms with Gasteiger partial charge in [0.2, 0.25) is 0 Å². The van der Waals surface area contributed by atoms with Gasteiger partial charge in [0.1, 0.15) is 21.9 Å². The SMILES string of the molecule is COC(=O)/C(C#N)=C/C=C(\[O-])C(F)(F)F.COC(=O)c1ccc(C(F)(F)F)nc1Br.[K+]. The van der Waals surface area contributed by atoms with Crippen molar-refractivity contribution in [3.63, 3.8) is 0 Å². The van der Waals surface area contributed by atoms with Crippen LogP contribution < -0.4 is 56.5 Å². The van der Waals surface area contributed by atoms with Gasteiger partial charge in [-0.1, -0.05) is 6.08 Å². The van der Waals surface area contributed by atoms with Crippen molar-refractivity contribution in [3.8, 4) is 6.07 Å². The van der Waals surface area contributed by atoms with Crippen LogP contribution in [-0.2, 0) is 20.4 Å². The van der Waals surface area contributed by atoms with E-state index in [0.29, 0.717) is 6.08 Å². The maximum absolute atomic E-state index is 12.2. The summed E-state index contributed by atoms with van der Waals surface area (Å²) >= 11 is 2.77. The van der Waals surface area contributed by atoms with E-state index in [0.717, 1.165) is 26.4 Å². The van der Waals surface area contributed by atoms with Crippen LogP contribution in [0.5, 0.6) is 0 Å². The van der Waals surface area contributed by atoms with Crippen LogP contribution in [0.25, 0.3) is 0 Å². The number of nitrogens with zero attached hydrogens (tertiary/aromatic N) is 2. The zero-order chi connectivity index (χ0) is 23.7. The largest absolute Gasteiger partial charge is 1.00 e. The third-order valence-corrected chi connectivity index (χ3v) is 3.36. The van der Waals surface area contributed by atoms with Crippen LogP contribution in [0.3, 0.4) is 0 Å². The average molecular weight is 543 g/mol. The molecule has 0 amide bonds. The fourth-order valence-electron chi connectivity index (χ4n) is 1.37. The minimum Gasteiger partial charge on any atom is -0.869 e. The summed E-state index contributed by atoms with van der Waals surface area (Å²) in [5.74, 6) is -4.01. The average Bonchev–Trinajstić information content (AvgIpc) is 2.66. The summed E-state index contributed by atoms with van der Waals surface area (Å²) in [4.78, 5) is 24.9. The van der Waals surface area contributed by atoms with Gasteiger partial charge in [0.25, 0.3) is 0 Å². The number of carbonyl (C=O) groups excluding carboxylic acids is 2. The van der Waals surface area contributed by atoms with Gasteiger partial charge < -0.3 is 14.6 Å². The molecular weight excluding hydrogens is 533 g/mol. The number of rotatable bonds is 3. The van der Waals surface area contributed by atoms with E-state index in [1.807, 2.05) is 0 Å². The molecule has 0 saturated heterocycles. The number of esters is 2. The van der Waals surface area contributed by atoms with Crippen LogP contribution in [0.2, 0.25) is 0 Å². The van der Waals surface area contributed by atoms with E-state index in [2.05, 4.69) is 30.4 Å². The summed E-state index contributed by atoms with van der Waals surface area (Å²) < 4.78 is 79.8. The van der Waals surface area contributed by atoms with E-state index < -0.39 is 41.3 Å². The zero-order valence-corrected chi connectivity index (χ0v) is 20.6. The molecule has 0 saturated carbocycles. The van der Waals surface area contributed by atoms with Gasteiger partial charge >= 0.3 is 75.7 Å². The Bertz CT molecular complexity index is 894. The Kier molecular flexibility index (Phi) is 14.2. The Hall–Kier alpha value is -1.44. The zero-order valence-electron chi connectivity index (χ0n) is 15.9. The third kappa shape index (κ3) is 11.1. The molecule has 15 heteroatoms. The molecule has 0 bridgehead atoms. The number of halogens is 7. The summed E-state index contributed by atoms with van der Waals surface area (Å²) in [6.45, 7) is 0. The van der Waals surface area contributed by atoms with Gasteiger partial charge in [-0.15, -0.1) is 0 Å². The van der Waals surface area contributed by atoms with E-state index in [4.69, 9.17) is 5.26 Å². The molecule has 0 aliphatic rings. The van der Waals surface area contributed by atoms with Crippen molar-refractivity contribution >= 4 is 27.9 Å². The molecule has 1 aromatic heterocycles. The third-order valence-electron chi connectivity index (χ3n) is 2.75. The molecular formula is C16H10BrF6KN2O5. The number of nitriles is 1. The van der Waals surface area contributed by atoms with Crippen molar-refractivity contribution in [3.05, 3.63) is 51.5 Å². The van der Waals surface area contributed by atoms with Crippen molar-refractivity contribution in [2.45, 2.75) is 12.4 Å². The quantitative estimate of drug-likeness (QED) is 0.0776. The minimum atomic E-state index is -5.02. The minimum absolute atomic E-state index is 0. The first-order valence-corrected chi connectivity index (χ1v) is 7.95. The smallest absolute Gasteiger partial charge is 0.869 e. The summed E-state index contributed by atoms with van der Waals surface area (Å²) in [5.41, 5.74) is -1.80. The monoisotopic (exact) mass is 542 g/mol. The molecule has 0 unspecified atom stereocenters. The van der Waals surface area contributed by atoms with Crippen LogP contribution in [0, 0.1) is 11.3 Å². The number of hydrogen-bond donors (Lipinski definition) is 0. The van der Waals surface area contributed by atoms with Gasteiger partial charge in [0.05, 0.1) is 19.8 Å². The Morgan fingerprint density at radius 3 is 2.03 bits per heavy atom. The number of carbonyl (C=O) groups is 2. The maximum Gasteiger partial charge on any atom is 1.00 e. The van der Waals surface area contributed by atoms with Crippen LogP contribution in [0.4, 0.5) is 26.3 Å². The Morgan fingerprint density at radius 2 is 1.68 bits per heavy atom. The van der Waals surface area contributed by atoms with E-state index in [-0.39, 0.29) is 67.6 Å². The molecule has 0 fully saturated rings. The van der Waals surface area contributed by atoms with Crippen molar-refractivity contribution in [1.82, 2.24) is 4.98 Å². The molecule has 0 atom stereocenters. The molecule has 0 aliphatic heterocycles. The summed E-state index contributed by atoms with van der Waals surface area (Å²) in [7, 11) is 2.09. The van der Waals surface area contributed by atoms with Crippen molar-refractivity contribution < 1.29 is 102 Å². The standard InChI is InChI=1S/C8H5BrF3NO2.C8H6F3NO3.K/c1-15-7(14)4-2-3-5(8(10,11)12)13-6(4)9;1-15-7(14)5(4-12)2-3-6(13)8(9,10)11;/h2-3H,1H3;2-3,13H,1H3;/q;;+1/p-1/b;5-2+,6-3-;. The number of alkyl halides is 6. The molecule has 7 nitrogen and oxygen atoms in total. The van der Waals surface area contributed by atoms with Gasteiger partial charge in [0, 0.05) is 0 Å². The molecule has 0 aliphatic carbocycles. The van der Waals surface area contributed by atoms with Crippen molar-refractivity contribution in [1.29, 1.82) is 5.26 Å². The fraction of sp³-hybridized carbons (Fsp3) is 0.250. The van der Waals surface area contributed by atoms with Gasteiger partial charge in [-0.3, -0.25) is 0 Å². The van der Waals surface area contributed by atoms with Crippen molar-refractivity contribution in [2.75, 3.05) is 14.2 Å². The van der Waals surface area contributed by atoms with Crippen LogP contribution in [0.1, 0.15) is 16.1 Å². The van der Waals surface area contributed by atoms with Gasteiger partial charge in [-0.05, 0) is 39.9 Å².